The average Bonchev–Trinajstić information content (AvgIpc) is 3.75. The zero-order valence-electron chi connectivity index (χ0n) is 34.5. The summed E-state index contributed by atoms with van der Waals surface area (Å²) in [6.45, 7) is 7.78. The predicted octanol–water partition coefficient (Wildman–Crippen LogP) is 2.68. The number of carboxylic acids is 1. The largest absolute Gasteiger partial charge is 0.547 e. The summed E-state index contributed by atoms with van der Waals surface area (Å²) in [6.07, 6.45) is 14.0. The predicted molar refractivity (Wildman–Crippen MR) is 223 cm³/mol. The first kappa shape index (κ1) is 44.9. The molecule has 3 saturated carbocycles. The highest BCUT2D eigenvalue weighted by Crippen LogP contribution is 2.44. The van der Waals surface area contributed by atoms with Crippen molar-refractivity contribution in [3.8, 4) is 0 Å². The van der Waals surface area contributed by atoms with Gasteiger partial charge in [-0.15, -0.1) is 4.99 Å². The van der Waals surface area contributed by atoms with E-state index in [4.69, 9.17) is 18.9 Å². The highest BCUT2D eigenvalue weighted by atomic mass is 33.1. The maximum absolute atomic E-state index is 12.7. The molecule has 0 aromatic heterocycles. The number of carbonyl (C=O) groups excluding carboxylic acids is 1. The van der Waals surface area contributed by atoms with Gasteiger partial charge in [-0.05, 0) is 81.5 Å². The van der Waals surface area contributed by atoms with E-state index < -0.39 is 48.4 Å². The average molecular weight is 851 g/mol. The Kier molecular flexibility index (Phi) is 16.1. The number of quaternary nitrogens is 1. The monoisotopic (exact) mass is 850 g/mol. The van der Waals surface area contributed by atoms with E-state index in [2.05, 4.69) is 42.4 Å². The van der Waals surface area contributed by atoms with Crippen LogP contribution in [0.1, 0.15) is 97.3 Å². The van der Waals surface area contributed by atoms with Gasteiger partial charge in [0.25, 0.3) is 0 Å². The van der Waals surface area contributed by atoms with Crippen molar-refractivity contribution in [2.45, 2.75) is 152 Å². The molecular formula is C44H70N2O10S2+2. The van der Waals surface area contributed by atoms with Gasteiger partial charge in [0.05, 0.1) is 54.7 Å². The molecule has 4 aliphatic heterocycles. The Balaban J connectivity index is 1.06. The summed E-state index contributed by atoms with van der Waals surface area (Å²) in [6, 6.07) is 0. The zero-order valence-corrected chi connectivity index (χ0v) is 36.1. The van der Waals surface area contributed by atoms with E-state index in [0.717, 1.165) is 43.8 Å². The molecule has 6 fully saturated rings. The molecule has 0 amide bonds. The first-order valence-electron chi connectivity index (χ1n) is 22.4. The SMILES string of the molecule is CCC1CCCCC1C=CC[C@H](C)[C@@H]1C[NH2+]C[C@@]2(O)[C@H](OC3CCC4C(C3)[OH+]CC(C3CCC(O)CC3)C4O)O[C@H](C(=O)[O-])[C@@H](O)[C@@H]2OCSSC[C@H]1C1=C[CH+]N=C1. The fourth-order valence-corrected chi connectivity index (χ4v) is 13.6. The number of aliphatic hydroxyl groups excluding tert-OH is 3. The molecule has 4 heterocycles. The normalized spacial score (nSPS) is 44.9. The van der Waals surface area contributed by atoms with Gasteiger partial charge in [-0.3, -0.25) is 0 Å². The van der Waals surface area contributed by atoms with Crippen LogP contribution < -0.4 is 10.4 Å². The van der Waals surface area contributed by atoms with E-state index in [0.29, 0.717) is 50.2 Å². The van der Waals surface area contributed by atoms with Gasteiger partial charge in [0.1, 0.15) is 42.9 Å². The Morgan fingerprint density at radius 3 is 2.69 bits per heavy atom. The number of ether oxygens (including phenoxy) is 4. The molecule has 7 unspecified atom stereocenters. The number of hydrogen-bond donors (Lipinski definition) is 5. The maximum atomic E-state index is 12.7. The van der Waals surface area contributed by atoms with Crippen molar-refractivity contribution >= 4 is 33.8 Å². The number of aliphatic carboxylic acids is 1. The van der Waals surface area contributed by atoms with Gasteiger partial charge in [0, 0.05) is 18.1 Å². The Bertz CT molecular complexity index is 1430. The van der Waals surface area contributed by atoms with Crippen LogP contribution in [0.15, 0.2) is 28.8 Å². The lowest BCUT2D eigenvalue weighted by molar-refractivity contribution is -0.681. The van der Waals surface area contributed by atoms with Gasteiger partial charge in [-0.25, -0.2) is 0 Å². The number of nitrogens with two attached hydrogens (primary N) is 1. The number of nitrogens with zero attached hydrogens (tertiary/aromatic N) is 1. The Morgan fingerprint density at radius 2 is 1.93 bits per heavy atom. The lowest BCUT2D eigenvalue weighted by atomic mass is 9.69. The molecule has 7 aliphatic rings. The summed E-state index contributed by atoms with van der Waals surface area (Å²) >= 11 is 0. The molecule has 7 rings (SSSR count). The molecule has 14 heteroatoms. The first-order valence-corrected chi connectivity index (χ1v) is 24.9. The van der Waals surface area contributed by atoms with E-state index in [1.165, 1.54) is 48.5 Å². The minimum atomic E-state index is -1.90. The van der Waals surface area contributed by atoms with Gasteiger partial charge in [0.15, 0.2) is 30.8 Å². The van der Waals surface area contributed by atoms with E-state index in [1.807, 2.05) is 12.8 Å². The molecule has 0 aromatic rings. The van der Waals surface area contributed by atoms with E-state index >= 15 is 0 Å². The van der Waals surface area contributed by atoms with Crippen LogP contribution in [0.4, 0.5) is 0 Å². The smallest absolute Gasteiger partial charge is 0.195 e. The summed E-state index contributed by atoms with van der Waals surface area (Å²) in [7, 11) is 3.16. The summed E-state index contributed by atoms with van der Waals surface area (Å²) < 4.78 is 23.9. The van der Waals surface area contributed by atoms with Crippen LogP contribution in [0.25, 0.3) is 0 Å². The molecule has 0 bridgehead atoms. The number of rotatable bonds is 10. The van der Waals surface area contributed by atoms with Gasteiger partial charge >= 0.3 is 0 Å². The fourth-order valence-electron chi connectivity index (χ4n) is 11.6. The molecule has 12 nitrogen and oxygen atoms in total. The quantitative estimate of drug-likeness (QED) is 0.0941. The van der Waals surface area contributed by atoms with E-state index in [9.17, 15) is 30.3 Å². The number of aliphatic hydroxyl groups is 6. The Labute approximate surface area is 353 Å². The third kappa shape index (κ3) is 10.4. The van der Waals surface area contributed by atoms with Crippen molar-refractivity contribution in [1.82, 2.24) is 0 Å². The molecule has 0 radical (unpaired) electrons. The third-order valence-electron chi connectivity index (χ3n) is 15.1. The molecule has 3 saturated heterocycles. The van der Waals surface area contributed by atoms with Crippen molar-refractivity contribution in [3.63, 3.8) is 0 Å². The van der Waals surface area contributed by atoms with Crippen LogP contribution in [0.2, 0.25) is 0 Å². The van der Waals surface area contributed by atoms with Crippen LogP contribution in [-0.4, -0.2) is 123 Å². The van der Waals surface area contributed by atoms with Crippen molar-refractivity contribution < 1.29 is 54.6 Å². The van der Waals surface area contributed by atoms with E-state index in [1.54, 1.807) is 10.8 Å². The van der Waals surface area contributed by atoms with Crippen LogP contribution in [0, 0.1) is 53.9 Å². The van der Waals surface area contributed by atoms with Crippen LogP contribution in [-0.2, 0) is 19.0 Å². The van der Waals surface area contributed by atoms with Crippen molar-refractivity contribution in [1.29, 1.82) is 0 Å². The van der Waals surface area contributed by atoms with Gasteiger partial charge in [0.2, 0.25) is 0 Å². The third-order valence-corrected chi connectivity index (χ3v) is 17.2. The second-order valence-electron chi connectivity index (χ2n) is 18.5. The van der Waals surface area contributed by atoms with Crippen LogP contribution in [0.5, 0.6) is 0 Å². The lowest BCUT2D eigenvalue weighted by Gasteiger charge is -2.50. The Morgan fingerprint density at radius 1 is 1.12 bits per heavy atom. The molecule has 3 aliphatic carbocycles. The summed E-state index contributed by atoms with van der Waals surface area (Å²) in [5, 5.41) is 60.2. The number of fused-ring (bicyclic) bond motifs is 2. The molecular weight excluding hydrogens is 781 g/mol. The number of allylic oxidation sites excluding steroid dienone is 3. The maximum Gasteiger partial charge on any atom is 0.195 e. The minimum absolute atomic E-state index is 0.00559. The topological polar surface area (TPSA) is 191 Å². The zero-order chi connectivity index (χ0) is 40.8. The fraction of sp³-hybridized carbons (Fsp3) is 0.841. The van der Waals surface area contributed by atoms with Crippen molar-refractivity contribution in [3.05, 3.63) is 30.3 Å². The lowest BCUT2D eigenvalue weighted by Crippen LogP contribution is -2.93. The molecule has 326 valence electrons. The molecule has 58 heavy (non-hydrogen) atoms. The molecule has 7 N–H and O–H groups in total. The second kappa shape index (κ2) is 20.8. The molecule has 0 spiro atoms. The minimum Gasteiger partial charge on any atom is -0.547 e. The van der Waals surface area contributed by atoms with E-state index in [-0.39, 0.29) is 48.4 Å². The number of carboxylic acid groups (broad SMARTS) is 1. The number of hydrogen-bond acceptors (Lipinski definition) is 12. The van der Waals surface area contributed by atoms with Crippen LogP contribution >= 0.6 is 21.6 Å². The summed E-state index contributed by atoms with van der Waals surface area (Å²) in [5.74, 6) is 1.94. The standard InChI is InChI=1S/C44H68N2O10S2/c1-3-27-8-4-5-9-28(27)10-6-7-26(2)34-21-46-24-44(52)41(54-25-58-57-23-36(34)30-17-18-45-20-30)39(49)40(42(50)51)56-43(44)55-32-15-16-33-37(19-32)53-22-35(38(33)48)29-11-13-31(47)14-12-29/h6,10,17-18,20,26-29,31-41,43,46-49,52H,3-5,7-9,11-16,19,21-25H2,1-2H3/p+2/t26-,27?,28?,29?,31?,32?,33?,34-,35?,36-,37?,38?,39+,40-,41-,43+,44-/m0/s1. The summed E-state index contributed by atoms with van der Waals surface area (Å²) in [4.78, 5) is 16.8. The van der Waals surface area contributed by atoms with Crippen LogP contribution in [0.3, 0.4) is 0 Å². The highest BCUT2D eigenvalue weighted by molar-refractivity contribution is 8.76. The van der Waals surface area contributed by atoms with Crippen molar-refractivity contribution in [2.24, 2.45) is 52.3 Å². The van der Waals surface area contributed by atoms with Gasteiger partial charge in [-0.1, -0.05) is 66.8 Å². The summed E-state index contributed by atoms with van der Waals surface area (Å²) in [5.41, 5.74) is -0.699. The Hall–Kier alpha value is -1.17. The molecule has 0 aromatic carbocycles. The highest BCUT2D eigenvalue weighted by Gasteiger charge is 2.60. The molecule has 15 atom stereocenters. The first-order chi connectivity index (χ1) is 28.1. The van der Waals surface area contributed by atoms with Crippen molar-refractivity contribution in [2.75, 3.05) is 31.4 Å². The number of aliphatic imine (C=N–C) groups is 1. The van der Waals surface area contributed by atoms with Gasteiger partial charge in [-0.2, -0.15) is 0 Å². The number of carbonyl (C=O) groups is 1. The van der Waals surface area contributed by atoms with Gasteiger partial charge < -0.3 is 54.6 Å². The second-order valence-corrected chi connectivity index (χ2v) is 21.0.